The number of rotatable bonds is 5. The van der Waals surface area contributed by atoms with E-state index < -0.39 is 0 Å². The minimum absolute atomic E-state index is 0.0372. The molecular weight excluding hydrogens is 206 g/mol. The number of aliphatic hydroxyl groups is 1. The van der Waals surface area contributed by atoms with Gasteiger partial charge in [-0.1, -0.05) is 0 Å². The van der Waals surface area contributed by atoms with E-state index in [-0.39, 0.29) is 18.6 Å². The lowest BCUT2D eigenvalue weighted by atomic mass is 10.1. The molecule has 1 heterocycles. The topological polar surface area (TPSA) is 67.2 Å². The van der Waals surface area contributed by atoms with Crippen LogP contribution >= 0.6 is 0 Å². The van der Waals surface area contributed by atoms with Gasteiger partial charge in [0.25, 0.3) is 0 Å². The maximum Gasteiger partial charge on any atom is 0.220 e. The first-order valence-corrected chi connectivity index (χ1v) is 5.45. The minimum Gasteiger partial charge on any atom is -0.396 e. The van der Waals surface area contributed by atoms with Crippen molar-refractivity contribution >= 4 is 5.91 Å². The average Bonchev–Trinajstić information content (AvgIpc) is 2.57. The van der Waals surface area contributed by atoms with E-state index in [1.807, 2.05) is 20.9 Å². The van der Waals surface area contributed by atoms with Crippen LogP contribution in [0, 0.1) is 6.92 Å². The fourth-order valence-corrected chi connectivity index (χ4v) is 1.57. The predicted molar refractivity (Wildman–Crippen MR) is 60.8 cm³/mol. The van der Waals surface area contributed by atoms with Gasteiger partial charge in [0.2, 0.25) is 5.91 Å². The SMILES string of the molecule is Cc1c(C(C)NC(=O)CCCO)cnn1C. The van der Waals surface area contributed by atoms with Gasteiger partial charge in [-0.2, -0.15) is 5.10 Å². The summed E-state index contributed by atoms with van der Waals surface area (Å²) in [6, 6.07) is -0.0418. The Labute approximate surface area is 95.5 Å². The molecule has 0 aliphatic heterocycles. The van der Waals surface area contributed by atoms with Crippen LogP contribution in [0.15, 0.2) is 6.20 Å². The van der Waals surface area contributed by atoms with Crippen molar-refractivity contribution in [3.8, 4) is 0 Å². The largest absolute Gasteiger partial charge is 0.396 e. The normalized spacial score (nSPS) is 12.5. The van der Waals surface area contributed by atoms with E-state index in [9.17, 15) is 4.79 Å². The Bertz CT molecular complexity index is 360. The third-order valence-corrected chi connectivity index (χ3v) is 2.68. The molecule has 1 aromatic heterocycles. The summed E-state index contributed by atoms with van der Waals surface area (Å²) in [5.41, 5.74) is 2.08. The number of carbonyl (C=O) groups excluding carboxylic acids is 1. The Kier molecular flexibility index (Phi) is 4.49. The number of carbonyl (C=O) groups is 1. The molecule has 1 amide bonds. The first kappa shape index (κ1) is 12.7. The maximum absolute atomic E-state index is 11.5. The van der Waals surface area contributed by atoms with Gasteiger partial charge in [0, 0.05) is 31.3 Å². The number of hydrogen-bond donors (Lipinski definition) is 2. The fraction of sp³-hybridized carbons (Fsp3) is 0.636. The van der Waals surface area contributed by atoms with Gasteiger partial charge in [0.1, 0.15) is 0 Å². The van der Waals surface area contributed by atoms with E-state index in [1.165, 1.54) is 0 Å². The van der Waals surface area contributed by atoms with E-state index in [0.717, 1.165) is 11.3 Å². The lowest BCUT2D eigenvalue weighted by Crippen LogP contribution is -2.26. The molecule has 0 bridgehead atoms. The average molecular weight is 225 g/mol. The van der Waals surface area contributed by atoms with Gasteiger partial charge in [-0.15, -0.1) is 0 Å². The lowest BCUT2D eigenvalue weighted by Gasteiger charge is -2.13. The standard InChI is InChI=1S/C11H19N3O2/c1-8(13-11(16)5-4-6-15)10-7-12-14(3)9(10)2/h7-8,15H,4-6H2,1-3H3,(H,13,16). The molecule has 1 rings (SSSR count). The Morgan fingerprint density at radius 2 is 2.38 bits per heavy atom. The number of aromatic nitrogens is 2. The lowest BCUT2D eigenvalue weighted by molar-refractivity contribution is -0.122. The molecule has 90 valence electrons. The molecule has 0 aliphatic rings. The highest BCUT2D eigenvalue weighted by atomic mass is 16.3. The van der Waals surface area contributed by atoms with E-state index in [0.29, 0.717) is 12.8 Å². The van der Waals surface area contributed by atoms with E-state index in [4.69, 9.17) is 5.11 Å². The predicted octanol–water partition coefficient (Wildman–Crippen LogP) is 0.678. The Balaban J connectivity index is 2.55. The smallest absolute Gasteiger partial charge is 0.220 e. The van der Waals surface area contributed by atoms with Gasteiger partial charge in [-0.05, 0) is 20.3 Å². The van der Waals surface area contributed by atoms with Gasteiger partial charge in [-0.25, -0.2) is 0 Å². The van der Waals surface area contributed by atoms with Crippen molar-refractivity contribution in [2.75, 3.05) is 6.61 Å². The van der Waals surface area contributed by atoms with Gasteiger partial charge in [0.05, 0.1) is 12.2 Å². The third kappa shape index (κ3) is 3.06. The van der Waals surface area contributed by atoms with Crippen LogP contribution in [0.25, 0.3) is 0 Å². The van der Waals surface area contributed by atoms with Crippen LogP contribution in [0.4, 0.5) is 0 Å². The summed E-state index contributed by atoms with van der Waals surface area (Å²) in [6.07, 6.45) is 2.64. The second-order valence-corrected chi connectivity index (χ2v) is 3.93. The summed E-state index contributed by atoms with van der Waals surface area (Å²) in [5, 5.41) is 15.6. The zero-order valence-electron chi connectivity index (χ0n) is 10.0. The number of nitrogens with one attached hydrogen (secondary N) is 1. The van der Waals surface area contributed by atoms with Crippen molar-refractivity contribution in [2.45, 2.75) is 32.7 Å². The summed E-state index contributed by atoms with van der Waals surface area (Å²) >= 11 is 0. The highest BCUT2D eigenvalue weighted by molar-refractivity contribution is 5.76. The first-order valence-electron chi connectivity index (χ1n) is 5.45. The number of aliphatic hydroxyl groups excluding tert-OH is 1. The second-order valence-electron chi connectivity index (χ2n) is 3.93. The van der Waals surface area contributed by atoms with Crippen molar-refractivity contribution in [3.63, 3.8) is 0 Å². The molecule has 5 nitrogen and oxygen atoms in total. The maximum atomic E-state index is 11.5. The number of nitrogens with zero attached hydrogens (tertiary/aromatic N) is 2. The highest BCUT2D eigenvalue weighted by Crippen LogP contribution is 2.15. The second kappa shape index (κ2) is 5.65. The van der Waals surface area contributed by atoms with Crippen molar-refractivity contribution in [1.29, 1.82) is 0 Å². The summed E-state index contributed by atoms with van der Waals surface area (Å²) < 4.78 is 1.78. The van der Waals surface area contributed by atoms with E-state index >= 15 is 0 Å². The first-order chi connectivity index (χ1) is 7.56. The molecule has 0 saturated heterocycles. The van der Waals surface area contributed by atoms with Crippen molar-refractivity contribution in [2.24, 2.45) is 7.05 Å². The van der Waals surface area contributed by atoms with Crippen LogP contribution < -0.4 is 5.32 Å². The van der Waals surface area contributed by atoms with E-state index in [2.05, 4.69) is 10.4 Å². The zero-order chi connectivity index (χ0) is 12.1. The molecule has 0 aromatic carbocycles. The third-order valence-electron chi connectivity index (χ3n) is 2.68. The number of hydrogen-bond acceptors (Lipinski definition) is 3. The molecule has 5 heteroatoms. The van der Waals surface area contributed by atoms with Crippen LogP contribution in [0.5, 0.6) is 0 Å². The summed E-state index contributed by atoms with van der Waals surface area (Å²) in [6.45, 7) is 3.95. The molecule has 1 aromatic rings. The summed E-state index contributed by atoms with van der Waals surface area (Å²) in [5.74, 6) is -0.0372. The Hall–Kier alpha value is -1.36. The van der Waals surface area contributed by atoms with Gasteiger partial charge >= 0.3 is 0 Å². The molecule has 0 radical (unpaired) electrons. The van der Waals surface area contributed by atoms with Gasteiger partial charge in [-0.3, -0.25) is 9.48 Å². The molecule has 16 heavy (non-hydrogen) atoms. The monoisotopic (exact) mass is 225 g/mol. The minimum atomic E-state index is -0.0418. The van der Waals surface area contributed by atoms with Crippen LogP contribution in [0.1, 0.15) is 37.1 Å². The molecule has 0 fully saturated rings. The van der Waals surface area contributed by atoms with Crippen LogP contribution in [0.3, 0.4) is 0 Å². The molecule has 2 N–H and O–H groups in total. The molecule has 0 spiro atoms. The Morgan fingerprint density at radius 1 is 1.69 bits per heavy atom. The van der Waals surface area contributed by atoms with E-state index in [1.54, 1.807) is 10.9 Å². The zero-order valence-corrected chi connectivity index (χ0v) is 10.0. The molecule has 0 aliphatic carbocycles. The number of aryl methyl sites for hydroxylation is 1. The quantitative estimate of drug-likeness (QED) is 0.774. The fourth-order valence-electron chi connectivity index (χ4n) is 1.57. The van der Waals surface area contributed by atoms with Crippen LogP contribution in [-0.2, 0) is 11.8 Å². The van der Waals surface area contributed by atoms with Crippen LogP contribution in [-0.4, -0.2) is 27.4 Å². The molecular formula is C11H19N3O2. The Morgan fingerprint density at radius 3 is 2.88 bits per heavy atom. The van der Waals surface area contributed by atoms with Gasteiger partial charge in [0.15, 0.2) is 0 Å². The van der Waals surface area contributed by atoms with Crippen molar-refractivity contribution < 1.29 is 9.90 Å². The highest BCUT2D eigenvalue weighted by Gasteiger charge is 2.13. The molecule has 1 unspecified atom stereocenters. The number of amides is 1. The van der Waals surface area contributed by atoms with Gasteiger partial charge < -0.3 is 10.4 Å². The molecule has 0 saturated carbocycles. The molecule has 1 atom stereocenters. The summed E-state index contributed by atoms with van der Waals surface area (Å²) in [4.78, 5) is 11.5. The van der Waals surface area contributed by atoms with Crippen molar-refractivity contribution in [3.05, 3.63) is 17.5 Å². The summed E-state index contributed by atoms with van der Waals surface area (Å²) in [7, 11) is 1.87. The van der Waals surface area contributed by atoms with Crippen LogP contribution in [0.2, 0.25) is 0 Å². The van der Waals surface area contributed by atoms with Crippen molar-refractivity contribution in [1.82, 2.24) is 15.1 Å².